The maximum atomic E-state index is 12.3. The molecule has 18 nitrogen and oxygen atoms in total. The average Bonchev–Trinajstić information content (AvgIpc) is 3.06. The van der Waals surface area contributed by atoms with Crippen LogP contribution >= 0.6 is 0 Å². The third-order valence-corrected chi connectivity index (χ3v) is 7.66. The topological polar surface area (TPSA) is 279 Å². The molecule has 1 heterocycles. The second-order valence-electron chi connectivity index (χ2n) is 12.4. The molecule has 0 aromatic rings. The molecule has 0 aliphatic carbocycles. The van der Waals surface area contributed by atoms with E-state index in [1.54, 1.807) is 20.8 Å². The Balaban J connectivity index is 2.85. The summed E-state index contributed by atoms with van der Waals surface area (Å²) in [4.78, 5) is 73.7. The first-order valence-corrected chi connectivity index (χ1v) is 16.8. The smallest absolute Gasteiger partial charge is 0.322 e. The standard InChI is InChI=1S/C33H54N6O12/c1-22-10-16-49-31(43)25(34)8-5-14-38(47)29(41)20-24(3)12-18-51-33(45)27(36)9-6-15-39(48)30(42)21-23(2)11-17-50-32(44)26(35)7-4-13-37(46)28(40)19-22/h19-21,25-27,46-48H,4-18,34-36H2,1-3H3/b22-19-,23-21-,24-20+. The number of hydrogen-bond donors (Lipinski definition) is 6. The van der Waals surface area contributed by atoms with Crippen LogP contribution < -0.4 is 17.2 Å². The molecule has 0 fully saturated rings. The van der Waals surface area contributed by atoms with E-state index in [-0.39, 0.29) is 97.2 Å². The molecule has 51 heavy (non-hydrogen) atoms. The Bertz CT molecular complexity index is 1130. The van der Waals surface area contributed by atoms with Crippen LogP contribution in [0.2, 0.25) is 0 Å². The van der Waals surface area contributed by atoms with Crippen molar-refractivity contribution >= 4 is 35.6 Å². The van der Waals surface area contributed by atoms with Gasteiger partial charge in [-0.1, -0.05) is 16.7 Å². The number of carbonyl (C=O) groups excluding carboxylic acids is 6. The summed E-state index contributed by atoms with van der Waals surface area (Å²) in [5.74, 6) is -4.24. The van der Waals surface area contributed by atoms with E-state index < -0.39 is 53.8 Å². The quantitative estimate of drug-likeness (QED) is 0.113. The summed E-state index contributed by atoms with van der Waals surface area (Å²) in [6, 6.07) is -3.05. The maximum Gasteiger partial charge on any atom is 0.322 e. The van der Waals surface area contributed by atoms with E-state index in [0.717, 1.165) is 0 Å². The third kappa shape index (κ3) is 19.1. The van der Waals surface area contributed by atoms with Gasteiger partial charge in [0.15, 0.2) is 0 Å². The lowest BCUT2D eigenvalue weighted by Crippen LogP contribution is -2.35. The van der Waals surface area contributed by atoms with Crippen LogP contribution in [0.1, 0.15) is 78.6 Å². The normalized spacial score (nSPS) is 27.6. The number of nitrogens with two attached hydrogens (primary N) is 3. The van der Waals surface area contributed by atoms with Gasteiger partial charge in [0.1, 0.15) is 18.1 Å². The molecule has 3 unspecified atom stereocenters. The minimum absolute atomic E-state index is 0.0774. The van der Waals surface area contributed by atoms with Gasteiger partial charge in [0, 0.05) is 57.1 Å². The van der Waals surface area contributed by atoms with Crippen LogP contribution in [0.5, 0.6) is 0 Å². The molecule has 0 spiro atoms. The first-order valence-electron chi connectivity index (χ1n) is 16.8. The minimum atomic E-state index is -1.02. The number of carbonyl (C=O) groups is 6. The van der Waals surface area contributed by atoms with E-state index in [4.69, 9.17) is 31.4 Å². The molecule has 1 rings (SSSR count). The van der Waals surface area contributed by atoms with Gasteiger partial charge in [0.05, 0.1) is 19.8 Å². The van der Waals surface area contributed by atoms with Crippen LogP contribution in [-0.4, -0.2) is 124 Å². The van der Waals surface area contributed by atoms with Crippen LogP contribution in [0.15, 0.2) is 34.9 Å². The highest BCUT2D eigenvalue weighted by Gasteiger charge is 2.20. The zero-order valence-corrected chi connectivity index (χ0v) is 29.7. The third-order valence-electron chi connectivity index (χ3n) is 7.66. The van der Waals surface area contributed by atoms with Crippen molar-refractivity contribution < 1.29 is 58.6 Å². The highest BCUT2D eigenvalue weighted by molar-refractivity contribution is 5.88. The fraction of sp³-hybridized carbons (Fsp3) is 0.636. The number of nitrogens with zero attached hydrogens (tertiary/aromatic N) is 3. The zero-order valence-electron chi connectivity index (χ0n) is 29.7. The van der Waals surface area contributed by atoms with Gasteiger partial charge >= 0.3 is 17.9 Å². The van der Waals surface area contributed by atoms with Gasteiger partial charge in [-0.2, -0.15) is 0 Å². The maximum absolute atomic E-state index is 12.3. The predicted octanol–water partition coefficient (Wildman–Crippen LogP) is 0.615. The fourth-order valence-corrected chi connectivity index (χ4v) is 4.40. The molecule has 1 aliphatic rings. The molecular formula is C33H54N6O12. The number of amides is 3. The minimum Gasteiger partial charge on any atom is -0.464 e. The fourth-order valence-electron chi connectivity index (χ4n) is 4.40. The molecule has 3 amide bonds. The second kappa shape index (κ2) is 24.1. The van der Waals surface area contributed by atoms with Crippen LogP contribution in [-0.2, 0) is 43.0 Å². The summed E-state index contributed by atoms with van der Waals surface area (Å²) < 4.78 is 15.5. The second-order valence-corrected chi connectivity index (χ2v) is 12.4. The summed E-state index contributed by atoms with van der Waals surface area (Å²) in [5.41, 5.74) is 19.2. The van der Waals surface area contributed by atoms with E-state index in [1.807, 2.05) is 0 Å². The highest BCUT2D eigenvalue weighted by atomic mass is 16.5. The number of hydroxylamine groups is 6. The first kappa shape index (κ1) is 44.8. The van der Waals surface area contributed by atoms with E-state index in [0.29, 0.717) is 31.9 Å². The van der Waals surface area contributed by atoms with Gasteiger partial charge < -0.3 is 31.4 Å². The lowest BCUT2D eigenvalue weighted by Gasteiger charge is -2.17. The Kier molecular flexibility index (Phi) is 21.2. The summed E-state index contributed by atoms with van der Waals surface area (Å²) in [6.07, 6.45) is 4.99. The van der Waals surface area contributed by atoms with E-state index in [1.165, 1.54) is 18.2 Å². The SMILES string of the molecule is C/C1=C/C(=O)N(O)CCCC(N)C(=O)OCC/C(C)=C/C(=O)N(O)CCCC(N)C(=O)OCC/C(C)=C\C(=O)N(O)CCCC(N)C(=O)OCC1. The molecule has 18 heteroatoms. The summed E-state index contributed by atoms with van der Waals surface area (Å²) in [7, 11) is 0. The summed E-state index contributed by atoms with van der Waals surface area (Å²) in [6.45, 7) is 4.26. The van der Waals surface area contributed by atoms with Crippen molar-refractivity contribution in [3.63, 3.8) is 0 Å². The van der Waals surface area contributed by atoms with Crippen LogP contribution in [0, 0.1) is 0 Å². The Morgan fingerprint density at radius 2 is 0.745 bits per heavy atom. The number of rotatable bonds is 0. The van der Waals surface area contributed by atoms with E-state index in [2.05, 4.69) is 0 Å². The summed E-state index contributed by atoms with van der Waals surface area (Å²) >= 11 is 0. The number of cyclic esters (lactones) is 3. The van der Waals surface area contributed by atoms with Gasteiger partial charge in [-0.05, 0) is 59.3 Å². The van der Waals surface area contributed by atoms with Crippen LogP contribution in [0.4, 0.5) is 0 Å². The molecule has 3 atom stereocenters. The van der Waals surface area contributed by atoms with Gasteiger partial charge in [0.2, 0.25) is 0 Å². The van der Waals surface area contributed by atoms with Crippen molar-refractivity contribution in [3.05, 3.63) is 34.9 Å². The highest BCUT2D eigenvalue weighted by Crippen LogP contribution is 2.09. The molecular weight excluding hydrogens is 672 g/mol. The molecule has 9 N–H and O–H groups in total. The lowest BCUT2D eigenvalue weighted by molar-refractivity contribution is -0.160. The van der Waals surface area contributed by atoms with Crippen LogP contribution in [0.25, 0.3) is 0 Å². The molecule has 0 saturated carbocycles. The van der Waals surface area contributed by atoms with Crippen LogP contribution in [0.3, 0.4) is 0 Å². The number of hydrogen-bond acceptors (Lipinski definition) is 15. The summed E-state index contributed by atoms with van der Waals surface area (Å²) in [5, 5.41) is 31.7. The van der Waals surface area contributed by atoms with Gasteiger partial charge in [-0.15, -0.1) is 0 Å². The van der Waals surface area contributed by atoms with Gasteiger partial charge in [-0.25, -0.2) is 15.2 Å². The predicted molar refractivity (Wildman–Crippen MR) is 180 cm³/mol. The zero-order chi connectivity index (χ0) is 38.5. The first-order chi connectivity index (χ1) is 24.0. The molecule has 0 aromatic heterocycles. The Morgan fingerprint density at radius 3 is 0.980 bits per heavy atom. The molecule has 1 aliphatic heterocycles. The monoisotopic (exact) mass is 726 g/mol. The molecule has 0 radical (unpaired) electrons. The number of esters is 3. The largest absolute Gasteiger partial charge is 0.464 e. The molecule has 0 aromatic carbocycles. The number of ether oxygens (including phenoxy) is 3. The van der Waals surface area contributed by atoms with Crippen molar-refractivity contribution in [2.24, 2.45) is 17.2 Å². The average molecular weight is 727 g/mol. The molecule has 288 valence electrons. The molecule has 0 saturated heterocycles. The molecule has 0 bridgehead atoms. The van der Waals surface area contributed by atoms with E-state index in [9.17, 15) is 44.4 Å². The lowest BCUT2D eigenvalue weighted by atomic mass is 10.1. The van der Waals surface area contributed by atoms with Gasteiger partial charge in [0.25, 0.3) is 17.7 Å². The Morgan fingerprint density at radius 1 is 0.510 bits per heavy atom. The van der Waals surface area contributed by atoms with Gasteiger partial charge in [-0.3, -0.25) is 44.4 Å². The van der Waals surface area contributed by atoms with Crippen molar-refractivity contribution in [1.82, 2.24) is 15.2 Å². The van der Waals surface area contributed by atoms with Crippen molar-refractivity contribution in [2.45, 2.75) is 96.7 Å². The Labute approximate surface area is 297 Å². The van der Waals surface area contributed by atoms with E-state index >= 15 is 0 Å². The van der Waals surface area contributed by atoms with Crippen molar-refractivity contribution in [1.29, 1.82) is 0 Å². The Hall–Kier alpha value is -4.20. The van der Waals surface area contributed by atoms with Crippen molar-refractivity contribution in [3.8, 4) is 0 Å². The van der Waals surface area contributed by atoms with Crippen molar-refractivity contribution in [2.75, 3.05) is 39.5 Å².